The van der Waals surface area contributed by atoms with Gasteiger partial charge in [-0.05, 0) is 31.4 Å². The first-order valence-electron chi connectivity index (χ1n) is 9.82. The number of amides is 1. The molecule has 1 aromatic rings. The Morgan fingerprint density at radius 1 is 1.04 bits per heavy atom. The molecule has 3 heterocycles. The molecule has 0 aromatic heterocycles. The highest BCUT2D eigenvalue weighted by molar-refractivity contribution is 6.00. The minimum Gasteiger partial charge on any atom is -0.390 e. The Morgan fingerprint density at radius 3 is 2.48 bits per heavy atom. The average Bonchev–Trinajstić information content (AvgIpc) is 2.73. The Bertz CT molecular complexity index is 668. The Morgan fingerprint density at radius 2 is 1.74 bits per heavy atom. The van der Waals surface area contributed by atoms with Crippen LogP contribution >= 0.6 is 0 Å². The molecule has 27 heavy (non-hydrogen) atoms. The maximum absolute atomic E-state index is 13.2. The van der Waals surface area contributed by atoms with Crippen LogP contribution in [-0.4, -0.2) is 84.8 Å². The van der Waals surface area contributed by atoms with Crippen molar-refractivity contribution in [1.82, 2.24) is 4.90 Å². The van der Waals surface area contributed by atoms with Gasteiger partial charge in [-0.3, -0.25) is 4.79 Å². The van der Waals surface area contributed by atoms with Gasteiger partial charge in [-0.25, -0.2) is 0 Å². The highest BCUT2D eigenvalue weighted by atomic mass is 16.5. The second-order valence-corrected chi connectivity index (χ2v) is 7.62. The Balaban J connectivity index is 1.47. The number of anilines is 1. The third-order valence-corrected chi connectivity index (χ3v) is 6.09. The summed E-state index contributed by atoms with van der Waals surface area (Å²) in [6, 6.07) is 7.73. The zero-order valence-electron chi connectivity index (χ0n) is 15.5. The Hall–Kier alpha value is -1.67. The van der Waals surface area contributed by atoms with Crippen molar-refractivity contribution in [3.8, 4) is 0 Å². The van der Waals surface area contributed by atoms with Crippen LogP contribution in [0.25, 0.3) is 0 Å². The number of ether oxygens (including phenoxy) is 2. The van der Waals surface area contributed by atoms with Crippen molar-refractivity contribution < 1.29 is 24.5 Å². The van der Waals surface area contributed by atoms with Crippen LogP contribution in [0, 0.1) is 0 Å². The van der Waals surface area contributed by atoms with Crippen LogP contribution in [0.2, 0.25) is 0 Å². The first-order chi connectivity index (χ1) is 13.1. The number of rotatable bonds is 2. The van der Waals surface area contributed by atoms with E-state index in [4.69, 9.17) is 9.47 Å². The maximum Gasteiger partial charge on any atom is 0.255 e. The molecule has 148 valence electrons. The summed E-state index contributed by atoms with van der Waals surface area (Å²) in [5, 5.41) is 20.4. The largest absolute Gasteiger partial charge is 0.390 e. The molecule has 7 heteroatoms. The molecule has 3 saturated heterocycles. The first kappa shape index (κ1) is 18.7. The zero-order valence-corrected chi connectivity index (χ0v) is 15.5. The van der Waals surface area contributed by atoms with Gasteiger partial charge in [-0.2, -0.15) is 0 Å². The molecule has 1 aromatic carbocycles. The molecule has 0 aliphatic carbocycles. The van der Waals surface area contributed by atoms with E-state index in [-0.39, 0.29) is 5.91 Å². The lowest BCUT2D eigenvalue weighted by atomic mass is 9.80. The minimum atomic E-state index is -0.885. The van der Waals surface area contributed by atoms with E-state index in [1.165, 1.54) is 0 Å². The molecule has 0 radical (unpaired) electrons. The highest BCUT2D eigenvalue weighted by Crippen LogP contribution is 2.36. The lowest BCUT2D eigenvalue weighted by Gasteiger charge is -2.48. The number of carbonyl (C=O) groups is 1. The van der Waals surface area contributed by atoms with Crippen LogP contribution < -0.4 is 4.90 Å². The molecule has 3 aliphatic rings. The lowest BCUT2D eigenvalue weighted by Crippen LogP contribution is -2.60. The quantitative estimate of drug-likeness (QED) is 0.788. The molecule has 4 rings (SSSR count). The predicted molar refractivity (Wildman–Crippen MR) is 99.9 cm³/mol. The van der Waals surface area contributed by atoms with E-state index in [1.807, 2.05) is 29.2 Å². The molecule has 1 amide bonds. The van der Waals surface area contributed by atoms with Gasteiger partial charge in [0, 0.05) is 31.9 Å². The number of morpholine rings is 1. The van der Waals surface area contributed by atoms with Crippen LogP contribution in [0.1, 0.15) is 29.6 Å². The van der Waals surface area contributed by atoms with Gasteiger partial charge in [0.1, 0.15) is 6.10 Å². The molecule has 0 unspecified atom stereocenters. The third kappa shape index (κ3) is 3.57. The summed E-state index contributed by atoms with van der Waals surface area (Å²) in [5.74, 6) is 0.0118. The van der Waals surface area contributed by atoms with E-state index >= 15 is 0 Å². The molecule has 7 nitrogen and oxygen atoms in total. The topological polar surface area (TPSA) is 82.5 Å². The van der Waals surface area contributed by atoms with Crippen LogP contribution in [-0.2, 0) is 9.47 Å². The van der Waals surface area contributed by atoms with Gasteiger partial charge in [0.25, 0.3) is 5.91 Å². The summed E-state index contributed by atoms with van der Waals surface area (Å²) < 4.78 is 11.3. The van der Waals surface area contributed by atoms with E-state index in [1.54, 1.807) is 0 Å². The minimum absolute atomic E-state index is 0.0118. The molecule has 0 bridgehead atoms. The van der Waals surface area contributed by atoms with Gasteiger partial charge in [0.15, 0.2) is 0 Å². The first-order valence-corrected chi connectivity index (χ1v) is 9.82. The monoisotopic (exact) mass is 376 g/mol. The van der Waals surface area contributed by atoms with Crippen molar-refractivity contribution in [1.29, 1.82) is 0 Å². The number of nitrogens with zero attached hydrogens (tertiary/aromatic N) is 2. The Labute approximate surface area is 159 Å². The van der Waals surface area contributed by atoms with Gasteiger partial charge >= 0.3 is 0 Å². The lowest BCUT2D eigenvalue weighted by molar-refractivity contribution is -0.212. The normalized spacial score (nSPS) is 28.4. The predicted octanol–water partition coefficient (Wildman–Crippen LogP) is 0.640. The van der Waals surface area contributed by atoms with E-state index in [0.29, 0.717) is 57.7 Å². The highest BCUT2D eigenvalue weighted by Gasteiger charge is 2.48. The molecule has 2 N–H and O–H groups in total. The number of likely N-dealkylation sites (tertiary alicyclic amines) is 1. The van der Waals surface area contributed by atoms with Crippen molar-refractivity contribution in [2.45, 2.75) is 37.1 Å². The average molecular weight is 376 g/mol. The van der Waals surface area contributed by atoms with Crippen molar-refractivity contribution >= 4 is 11.6 Å². The van der Waals surface area contributed by atoms with Crippen molar-refractivity contribution in [2.75, 3.05) is 50.9 Å². The summed E-state index contributed by atoms with van der Waals surface area (Å²) >= 11 is 0. The molecular weight excluding hydrogens is 348 g/mol. The van der Waals surface area contributed by atoms with E-state index in [9.17, 15) is 15.0 Å². The van der Waals surface area contributed by atoms with Gasteiger partial charge in [-0.15, -0.1) is 0 Å². The van der Waals surface area contributed by atoms with Crippen molar-refractivity contribution in [3.05, 3.63) is 29.8 Å². The summed E-state index contributed by atoms with van der Waals surface area (Å²) in [6.45, 7) is 4.39. The smallest absolute Gasteiger partial charge is 0.255 e. The molecular formula is C20H28N2O5. The fraction of sp³-hybridized carbons (Fsp3) is 0.650. The summed E-state index contributed by atoms with van der Waals surface area (Å²) in [6.07, 6.45) is -0.0986. The van der Waals surface area contributed by atoms with Crippen molar-refractivity contribution in [3.63, 3.8) is 0 Å². The third-order valence-electron chi connectivity index (χ3n) is 6.09. The van der Waals surface area contributed by atoms with Crippen LogP contribution in [0.3, 0.4) is 0 Å². The number of benzene rings is 1. The zero-order chi connectivity index (χ0) is 18.9. The van der Waals surface area contributed by atoms with Gasteiger partial charge in [-0.1, -0.05) is 12.1 Å². The number of hydrogen-bond donors (Lipinski definition) is 2. The van der Waals surface area contributed by atoms with E-state index in [2.05, 4.69) is 4.90 Å². The van der Waals surface area contributed by atoms with Crippen LogP contribution in [0.4, 0.5) is 5.69 Å². The number of para-hydroxylation sites is 1. The van der Waals surface area contributed by atoms with E-state index < -0.39 is 17.8 Å². The number of aliphatic hydroxyl groups excluding tert-OH is 2. The summed E-state index contributed by atoms with van der Waals surface area (Å²) in [4.78, 5) is 17.2. The summed E-state index contributed by atoms with van der Waals surface area (Å²) in [7, 11) is 0. The standard InChI is InChI=1S/C20H28N2O5/c23-17-5-12-27-20(18(17)24)6-8-22(9-7-20)19(25)15-3-1-2-4-16(15)21-10-13-26-14-11-21/h1-4,17-18,23-24H,5-14H2/t17-,18-/m0/s1. The second-order valence-electron chi connectivity index (χ2n) is 7.62. The van der Waals surface area contributed by atoms with Crippen LogP contribution in [0.15, 0.2) is 24.3 Å². The number of carbonyl (C=O) groups excluding carboxylic acids is 1. The molecule has 1 spiro atoms. The molecule has 3 fully saturated rings. The SMILES string of the molecule is O=C(c1ccccc1N1CCOCC1)N1CCC2(CC1)OCC[C@H](O)[C@@H]2O. The number of aliphatic hydroxyl groups is 2. The van der Waals surface area contributed by atoms with Gasteiger partial charge in [0.2, 0.25) is 0 Å². The summed E-state index contributed by atoms with van der Waals surface area (Å²) in [5.41, 5.74) is 0.939. The number of hydrogen-bond acceptors (Lipinski definition) is 6. The fourth-order valence-electron chi connectivity index (χ4n) is 4.41. The molecule has 0 saturated carbocycles. The van der Waals surface area contributed by atoms with Crippen molar-refractivity contribution in [2.24, 2.45) is 0 Å². The fourth-order valence-corrected chi connectivity index (χ4v) is 4.41. The van der Waals surface area contributed by atoms with Gasteiger partial charge in [0.05, 0.1) is 37.1 Å². The Kier molecular flexibility index (Phi) is 5.36. The van der Waals surface area contributed by atoms with Crippen LogP contribution in [0.5, 0.6) is 0 Å². The molecule has 3 aliphatic heterocycles. The van der Waals surface area contributed by atoms with E-state index in [0.717, 1.165) is 18.8 Å². The molecule has 2 atom stereocenters. The number of piperidine rings is 1. The van der Waals surface area contributed by atoms with Gasteiger partial charge < -0.3 is 29.5 Å². The maximum atomic E-state index is 13.2. The second kappa shape index (κ2) is 7.75.